The minimum atomic E-state index is -4.44. The largest absolute Gasteiger partial charge is 0.453 e. The van der Waals surface area contributed by atoms with Gasteiger partial charge >= 0.3 is 6.18 Å². The number of benzene rings is 2. The summed E-state index contributed by atoms with van der Waals surface area (Å²) in [5, 5.41) is 3.05. The van der Waals surface area contributed by atoms with Crippen LogP contribution in [-0.4, -0.2) is 19.4 Å². The normalized spacial score (nSPS) is 11.9. The fraction of sp³-hybridized carbons (Fsp3) is 0.0476. The van der Waals surface area contributed by atoms with Gasteiger partial charge in [-0.3, -0.25) is 0 Å². The number of nitrogens with zero attached hydrogens (tertiary/aromatic N) is 3. The number of alkyl halides is 3. The van der Waals surface area contributed by atoms with Crippen LogP contribution in [0.5, 0.6) is 11.5 Å². The average molecular weight is 488 g/mol. The van der Waals surface area contributed by atoms with Crippen molar-refractivity contribution in [3.63, 3.8) is 0 Å². The van der Waals surface area contributed by atoms with Gasteiger partial charge in [0.1, 0.15) is 5.75 Å². The van der Waals surface area contributed by atoms with Crippen molar-refractivity contribution in [1.82, 2.24) is 19.4 Å². The van der Waals surface area contributed by atoms with E-state index in [9.17, 15) is 13.2 Å². The fourth-order valence-electron chi connectivity index (χ4n) is 3.17. The molecule has 2 N–H and O–H groups in total. The van der Waals surface area contributed by atoms with Crippen LogP contribution in [0, 0.1) is 0 Å². The lowest BCUT2D eigenvalue weighted by Gasteiger charge is -2.08. The zero-order valence-corrected chi connectivity index (χ0v) is 17.2. The molecule has 0 fully saturated rings. The molecule has 156 valence electrons. The molecular weight excluding hydrogens is 475 g/mol. The van der Waals surface area contributed by atoms with Gasteiger partial charge in [0.25, 0.3) is 0 Å². The standard InChI is InChI=1S/C21H13BrF3N5O/c22-15-10-12(21(23,24)25)11-16-18(15)29-20(28-16)27-13-3-5-14(6-4-13)31-17-2-1-8-30-9-7-26-19(17)30/h1-11H,(H2,27,28,29). The Hall–Kier alpha value is -3.53. The van der Waals surface area contributed by atoms with Gasteiger partial charge < -0.3 is 19.4 Å². The zero-order valence-electron chi connectivity index (χ0n) is 15.6. The molecule has 0 unspecified atom stereocenters. The molecule has 10 heteroatoms. The SMILES string of the molecule is FC(F)(F)c1cc(Br)c2[nH]c(Nc3ccc(Oc4cccn5ccnc45)cc3)nc2c1. The number of hydrogen-bond acceptors (Lipinski definition) is 4. The van der Waals surface area contributed by atoms with Crippen molar-refractivity contribution in [1.29, 1.82) is 0 Å². The topological polar surface area (TPSA) is 67.2 Å². The van der Waals surface area contributed by atoms with E-state index in [-0.39, 0.29) is 9.99 Å². The van der Waals surface area contributed by atoms with Crippen molar-refractivity contribution in [3.05, 3.63) is 77.2 Å². The number of imidazole rings is 2. The highest BCUT2D eigenvalue weighted by atomic mass is 79.9. The fourth-order valence-corrected chi connectivity index (χ4v) is 3.71. The molecule has 0 aliphatic rings. The monoisotopic (exact) mass is 487 g/mol. The Labute approximate surface area is 181 Å². The summed E-state index contributed by atoms with van der Waals surface area (Å²) in [6, 6.07) is 12.8. The Morgan fingerprint density at radius 3 is 2.65 bits per heavy atom. The number of pyridine rings is 1. The predicted molar refractivity (Wildman–Crippen MR) is 114 cm³/mol. The van der Waals surface area contributed by atoms with Gasteiger partial charge in [0, 0.05) is 28.8 Å². The van der Waals surface area contributed by atoms with E-state index >= 15 is 0 Å². The smallest absolute Gasteiger partial charge is 0.416 e. The second-order valence-electron chi connectivity index (χ2n) is 6.72. The van der Waals surface area contributed by atoms with Gasteiger partial charge in [0.2, 0.25) is 5.95 Å². The first-order valence-corrected chi connectivity index (χ1v) is 9.89. The van der Waals surface area contributed by atoms with Crippen LogP contribution < -0.4 is 10.1 Å². The summed E-state index contributed by atoms with van der Waals surface area (Å²) in [6.07, 6.45) is 0.961. The first-order valence-electron chi connectivity index (χ1n) is 9.10. The minimum Gasteiger partial charge on any atom is -0.453 e. The molecule has 0 spiro atoms. The summed E-state index contributed by atoms with van der Waals surface area (Å²) in [5.74, 6) is 1.56. The molecule has 0 aliphatic heterocycles. The van der Waals surface area contributed by atoms with Crippen molar-refractivity contribution in [3.8, 4) is 11.5 Å². The van der Waals surface area contributed by atoms with E-state index in [0.29, 0.717) is 34.3 Å². The van der Waals surface area contributed by atoms with Crippen LogP contribution in [-0.2, 0) is 6.18 Å². The number of ether oxygens (including phenoxy) is 1. The van der Waals surface area contributed by atoms with Crippen LogP contribution in [0.1, 0.15) is 5.56 Å². The molecule has 2 aromatic carbocycles. The van der Waals surface area contributed by atoms with E-state index in [1.807, 2.05) is 28.9 Å². The number of rotatable bonds is 4. The maximum atomic E-state index is 13.0. The van der Waals surface area contributed by atoms with Gasteiger partial charge in [-0.15, -0.1) is 0 Å². The maximum absolute atomic E-state index is 13.0. The quantitative estimate of drug-likeness (QED) is 0.302. The first kappa shape index (κ1) is 19.4. The number of fused-ring (bicyclic) bond motifs is 2. The Morgan fingerprint density at radius 2 is 1.87 bits per heavy atom. The minimum absolute atomic E-state index is 0.206. The lowest BCUT2D eigenvalue weighted by atomic mass is 10.2. The molecule has 5 aromatic rings. The molecule has 0 aliphatic carbocycles. The maximum Gasteiger partial charge on any atom is 0.416 e. The summed E-state index contributed by atoms with van der Waals surface area (Å²) < 4.78 is 47.1. The van der Waals surface area contributed by atoms with Gasteiger partial charge in [0.05, 0.1) is 16.6 Å². The Morgan fingerprint density at radius 1 is 1.06 bits per heavy atom. The third-order valence-corrected chi connectivity index (χ3v) is 5.23. The molecule has 3 heterocycles. The van der Waals surface area contributed by atoms with Gasteiger partial charge in [-0.05, 0) is 64.5 Å². The molecule has 0 radical (unpaired) electrons. The van der Waals surface area contributed by atoms with Crippen molar-refractivity contribution in [2.24, 2.45) is 0 Å². The van der Waals surface area contributed by atoms with Gasteiger partial charge in [0.15, 0.2) is 11.4 Å². The average Bonchev–Trinajstić information content (AvgIpc) is 3.36. The van der Waals surface area contributed by atoms with E-state index in [0.717, 1.165) is 12.1 Å². The van der Waals surface area contributed by atoms with Crippen LogP contribution in [0.25, 0.3) is 16.7 Å². The Balaban J connectivity index is 1.36. The first-order chi connectivity index (χ1) is 14.9. The van der Waals surface area contributed by atoms with Crippen molar-refractivity contribution in [2.75, 3.05) is 5.32 Å². The van der Waals surface area contributed by atoms with Crippen molar-refractivity contribution >= 4 is 44.2 Å². The van der Waals surface area contributed by atoms with Gasteiger partial charge in [-0.2, -0.15) is 13.2 Å². The highest BCUT2D eigenvalue weighted by molar-refractivity contribution is 9.10. The third kappa shape index (κ3) is 3.81. The molecule has 3 aromatic heterocycles. The molecule has 0 atom stereocenters. The second kappa shape index (κ2) is 7.31. The molecule has 0 saturated carbocycles. The Kier molecular flexibility index (Phi) is 4.58. The van der Waals surface area contributed by atoms with E-state index in [4.69, 9.17) is 4.74 Å². The lowest BCUT2D eigenvalue weighted by molar-refractivity contribution is -0.137. The summed E-state index contributed by atoms with van der Waals surface area (Å²) in [4.78, 5) is 11.5. The summed E-state index contributed by atoms with van der Waals surface area (Å²) >= 11 is 3.17. The van der Waals surface area contributed by atoms with E-state index in [1.54, 1.807) is 30.5 Å². The molecule has 5 rings (SSSR count). The molecule has 0 bridgehead atoms. The number of halogens is 4. The summed E-state index contributed by atoms with van der Waals surface area (Å²) in [6.45, 7) is 0. The van der Waals surface area contributed by atoms with Gasteiger partial charge in [-0.1, -0.05) is 0 Å². The predicted octanol–water partition coefficient (Wildman–Crippen LogP) is 6.53. The Bertz CT molecular complexity index is 1390. The molecular formula is C21H13BrF3N5O. The van der Waals surface area contributed by atoms with Gasteiger partial charge in [-0.25, -0.2) is 9.97 Å². The molecule has 6 nitrogen and oxygen atoms in total. The summed E-state index contributed by atoms with van der Waals surface area (Å²) in [7, 11) is 0. The van der Waals surface area contributed by atoms with Crippen LogP contribution in [0.2, 0.25) is 0 Å². The number of nitrogens with one attached hydrogen (secondary N) is 2. The second-order valence-corrected chi connectivity index (χ2v) is 7.57. The van der Waals surface area contributed by atoms with Crippen LogP contribution >= 0.6 is 15.9 Å². The number of hydrogen-bond donors (Lipinski definition) is 2. The lowest BCUT2D eigenvalue weighted by Crippen LogP contribution is -2.04. The third-order valence-electron chi connectivity index (χ3n) is 4.60. The number of aromatic amines is 1. The molecule has 0 saturated heterocycles. The molecule has 31 heavy (non-hydrogen) atoms. The number of aromatic nitrogens is 4. The summed E-state index contributed by atoms with van der Waals surface area (Å²) in [5.41, 5.74) is 1.31. The number of H-pyrrole nitrogens is 1. The van der Waals surface area contributed by atoms with Crippen LogP contribution in [0.3, 0.4) is 0 Å². The molecule has 0 amide bonds. The zero-order chi connectivity index (χ0) is 21.6. The van der Waals surface area contributed by atoms with Crippen LogP contribution in [0.4, 0.5) is 24.8 Å². The highest BCUT2D eigenvalue weighted by Gasteiger charge is 2.31. The van der Waals surface area contributed by atoms with Crippen LogP contribution in [0.15, 0.2) is 71.6 Å². The van der Waals surface area contributed by atoms with E-state index in [2.05, 4.69) is 36.2 Å². The highest BCUT2D eigenvalue weighted by Crippen LogP contribution is 2.35. The number of anilines is 2. The van der Waals surface area contributed by atoms with Crippen molar-refractivity contribution in [2.45, 2.75) is 6.18 Å². The van der Waals surface area contributed by atoms with E-state index < -0.39 is 11.7 Å². The van der Waals surface area contributed by atoms with E-state index in [1.165, 1.54) is 0 Å². The van der Waals surface area contributed by atoms with Crippen molar-refractivity contribution < 1.29 is 17.9 Å².